The Morgan fingerprint density at radius 1 is 0.583 bits per heavy atom. The van der Waals surface area contributed by atoms with Crippen LogP contribution < -0.4 is 5.32 Å². The fraction of sp³-hybridized carbons (Fsp3) is 0.627. The molecule has 7 unspecified atom stereocenters. The van der Waals surface area contributed by atoms with Crippen LogP contribution in [0, 0.1) is 0 Å². The zero-order chi connectivity index (χ0) is 43.7. The summed E-state index contributed by atoms with van der Waals surface area (Å²) in [6, 6.07) is -0.755. The Balaban J connectivity index is 2.29. The molecule has 6 N–H and O–H groups in total. The lowest BCUT2D eigenvalue weighted by Gasteiger charge is -2.40. The number of aliphatic hydroxyl groups excluding tert-OH is 5. The molecule has 7 atom stereocenters. The predicted octanol–water partition coefficient (Wildman–Crippen LogP) is 9.89. The molecule has 1 saturated heterocycles. The molecular weight excluding hydrogens is 755 g/mol. The lowest BCUT2D eigenvalue weighted by Crippen LogP contribution is -2.60. The maximum Gasteiger partial charge on any atom is 0.220 e. The molecule has 1 aliphatic heterocycles. The van der Waals surface area contributed by atoms with E-state index in [0.29, 0.717) is 12.8 Å². The van der Waals surface area contributed by atoms with E-state index in [1.165, 1.54) is 32.1 Å². The van der Waals surface area contributed by atoms with Gasteiger partial charge in [0.1, 0.15) is 24.4 Å². The summed E-state index contributed by atoms with van der Waals surface area (Å²) in [7, 11) is 0. The van der Waals surface area contributed by atoms with Crippen LogP contribution in [0.2, 0.25) is 0 Å². The molecule has 1 heterocycles. The number of amides is 1. The normalized spacial score (nSPS) is 21.6. The number of aliphatic hydroxyl groups is 5. The highest BCUT2D eigenvalue weighted by molar-refractivity contribution is 5.76. The largest absolute Gasteiger partial charge is 0.394 e. The molecule has 0 aliphatic carbocycles. The maximum atomic E-state index is 12.9. The standard InChI is InChI=1S/C51H83NO8/c1-3-5-7-9-11-13-14-15-16-17-18-19-20-21-22-23-24-25-26-27-28-29-30-31-32-33-35-37-39-41-47(55)52-44(45(54)40-38-36-34-12-10-8-6-4-2)43-59-51-50(58)49(57)48(56)46(42-53)60-51/h5,7,11,13,15-16,18-19,21-22,24-25,27-28,30-31,33,35,44-46,48-51,53-54,56-58H,3-4,6,8-10,12,14,17,20,23,26,29,32,34,36-43H2,1-2H3,(H,52,55)/b7-5-,13-11-,16-15-,19-18-,22-21-,25-24-,28-27-,31-30-,35-33-. The van der Waals surface area contributed by atoms with Crippen molar-refractivity contribution in [3.8, 4) is 0 Å². The monoisotopic (exact) mass is 838 g/mol. The van der Waals surface area contributed by atoms with Gasteiger partial charge >= 0.3 is 0 Å². The lowest BCUT2D eigenvalue weighted by atomic mass is 9.99. The molecule has 1 fully saturated rings. The Morgan fingerprint density at radius 3 is 1.47 bits per heavy atom. The van der Waals surface area contributed by atoms with Gasteiger partial charge in [-0.05, 0) is 77.0 Å². The van der Waals surface area contributed by atoms with E-state index < -0.39 is 49.5 Å². The van der Waals surface area contributed by atoms with Gasteiger partial charge in [0.25, 0.3) is 0 Å². The molecule has 340 valence electrons. The third kappa shape index (κ3) is 30.0. The number of nitrogens with one attached hydrogen (secondary N) is 1. The third-order valence-corrected chi connectivity index (χ3v) is 10.1. The summed E-state index contributed by atoms with van der Waals surface area (Å²) < 4.78 is 11.2. The van der Waals surface area contributed by atoms with Crippen molar-refractivity contribution in [2.45, 2.75) is 192 Å². The molecular formula is C51H83NO8. The second kappa shape index (κ2) is 40.0. The molecule has 0 saturated carbocycles. The van der Waals surface area contributed by atoms with Gasteiger partial charge in [-0.3, -0.25) is 4.79 Å². The fourth-order valence-corrected chi connectivity index (χ4v) is 6.45. The van der Waals surface area contributed by atoms with E-state index >= 15 is 0 Å². The minimum absolute atomic E-state index is 0.170. The smallest absolute Gasteiger partial charge is 0.220 e. The van der Waals surface area contributed by atoms with Crippen LogP contribution in [-0.2, 0) is 14.3 Å². The summed E-state index contributed by atoms with van der Waals surface area (Å²) in [5.74, 6) is -0.212. The highest BCUT2D eigenvalue weighted by Crippen LogP contribution is 2.23. The van der Waals surface area contributed by atoms with Gasteiger partial charge in [0.2, 0.25) is 5.91 Å². The van der Waals surface area contributed by atoms with Gasteiger partial charge in [-0.15, -0.1) is 0 Å². The zero-order valence-corrected chi connectivity index (χ0v) is 37.2. The molecule has 0 spiro atoms. The Labute approximate surface area is 364 Å². The number of ether oxygens (including phenoxy) is 2. The molecule has 0 aromatic heterocycles. The van der Waals surface area contributed by atoms with Crippen LogP contribution in [0.4, 0.5) is 0 Å². The number of hydrogen-bond donors (Lipinski definition) is 6. The third-order valence-electron chi connectivity index (χ3n) is 10.1. The number of carbonyl (C=O) groups excluding carboxylic acids is 1. The topological polar surface area (TPSA) is 149 Å². The molecule has 0 aromatic carbocycles. The molecule has 1 aliphatic rings. The first-order valence-electron chi connectivity index (χ1n) is 23.1. The van der Waals surface area contributed by atoms with Crippen LogP contribution >= 0.6 is 0 Å². The Kier molecular flexibility index (Phi) is 36.5. The number of rotatable bonds is 36. The molecule has 0 bridgehead atoms. The first-order chi connectivity index (χ1) is 29.3. The van der Waals surface area contributed by atoms with Gasteiger partial charge in [-0.25, -0.2) is 0 Å². The minimum Gasteiger partial charge on any atom is -0.394 e. The van der Waals surface area contributed by atoms with Gasteiger partial charge in [0, 0.05) is 6.42 Å². The van der Waals surface area contributed by atoms with Crippen molar-refractivity contribution in [1.29, 1.82) is 0 Å². The van der Waals surface area contributed by atoms with Crippen LogP contribution in [-0.4, -0.2) is 87.5 Å². The van der Waals surface area contributed by atoms with E-state index in [4.69, 9.17) is 9.47 Å². The van der Waals surface area contributed by atoms with Crippen LogP contribution in [0.15, 0.2) is 109 Å². The second-order valence-electron chi connectivity index (χ2n) is 15.5. The first kappa shape index (κ1) is 54.9. The van der Waals surface area contributed by atoms with Crippen molar-refractivity contribution in [2.75, 3.05) is 13.2 Å². The van der Waals surface area contributed by atoms with Crippen molar-refractivity contribution < 1.29 is 39.8 Å². The first-order valence-corrected chi connectivity index (χ1v) is 23.1. The Bertz CT molecular complexity index is 1300. The number of carbonyl (C=O) groups is 1. The van der Waals surface area contributed by atoms with Crippen LogP contribution in [0.5, 0.6) is 0 Å². The molecule has 9 nitrogen and oxygen atoms in total. The van der Waals surface area contributed by atoms with Crippen molar-refractivity contribution in [3.05, 3.63) is 109 Å². The van der Waals surface area contributed by atoms with E-state index in [9.17, 15) is 30.3 Å². The molecule has 60 heavy (non-hydrogen) atoms. The maximum absolute atomic E-state index is 12.9. The van der Waals surface area contributed by atoms with Crippen LogP contribution in [0.25, 0.3) is 0 Å². The molecule has 9 heteroatoms. The van der Waals surface area contributed by atoms with Crippen LogP contribution in [0.1, 0.15) is 149 Å². The minimum atomic E-state index is -1.57. The summed E-state index contributed by atoms with van der Waals surface area (Å²) in [4.78, 5) is 12.9. The summed E-state index contributed by atoms with van der Waals surface area (Å²) in [5, 5.41) is 54.0. The van der Waals surface area contributed by atoms with Gasteiger partial charge in [-0.1, -0.05) is 175 Å². The van der Waals surface area contributed by atoms with E-state index in [0.717, 1.165) is 83.5 Å². The van der Waals surface area contributed by atoms with E-state index in [2.05, 4.69) is 129 Å². The summed E-state index contributed by atoms with van der Waals surface area (Å²) in [6.07, 6.45) is 51.2. The Morgan fingerprint density at radius 2 is 1.02 bits per heavy atom. The number of allylic oxidation sites excluding steroid dienone is 18. The fourth-order valence-electron chi connectivity index (χ4n) is 6.45. The van der Waals surface area contributed by atoms with Crippen molar-refractivity contribution >= 4 is 5.91 Å². The average Bonchev–Trinajstić information content (AvgIpc) is 3.25. The molecule has 0 aromatic rings. The molecule has 0 radical (unpaired) electrons. The van der Waals surface area contributed by atoms with Gasteiger partial charge in [0.05, 0.1) is 25.4 Å². The quantitative estimate of drug-likeness (QED) is 0.0270. The predicted molar refractivity (Wildman–Crippen MR) is 248 cm³/mol. The average molecular weight is 838 g/mol. The van der Waals surface area contributed by atoms with E-state index in [1.54, 1.807) is 0 Å². The number of unbranched alkanes of at least 4 members (excludes halogenated alkanes) is 8. The van der Waals surface area contributed by atoms with Crippen LogP contribution in [0.3, 0.4) is 0 Å². The van der Waals surface area contributed by atoms with Gasteiger partial charge in [-0.2, -0.15) is 0 Å². The lowest BCUT2D eigenvalue weighted by molar-refractivity contribution is -0.302. The number of hydrogen-bond acceptors (Lipinski definition) is 8. The second-order valence-corrected chi connectivity index (χ2v) is 15.5. The highest BCUT2D eigenvalue weighted by Gasteiger charge is 2.44. The zero-order valence-electron chi connectivity index (χ0n) is 37.2. The Hall–Kier alpha value is -3.15. The molecule has 1 rings (SSSR count). The van der Waals surface area contributed by atoms with E-state index in [1.807, 2.05) is 0 Å². The summed E-state index contributed by atoms with van der Waals surface area (Å²) in [6.45, 7) is 3.61. The SMILES string of the molecule is CC/C=C\C/C=C\C/C=C\C/C=C\C/C=C\C/C=C\C/C=C\C/C=C\C/C=C\CCCC(=O)NC(COC1OC(CO)C(O)C(O)C1O)C(O)CCCCCCCCCC. The van der Waals surface area contributed by atoms with Crippen molar-refractivity contribution in [3.63, 3.8) is 0 Å². The summed E-state index contributed by atoms with van der Waals surface area (Å²) >= 11 is 0. The van der Waals surface area contributed by atoms with Gasteiger partial charge in [0.15, 0.2) is 6.29 Å². The molecule has 1 amide bonds. The van der Waals surface area contributed by atoms with Gasteiger partial charge < -0.3 is 40.3 Å². The van der Waals surface area contributed by atoms with Crippen molar-refractivity contribution in [2.24, 2.45) is 0 Å². The van der Waals surface area contributed by atoms with E-state index in [-0.39, 0.29) is 18.9 Å². The highest BCUT2D eigenvalue weighted by atomic mass is 16.7. The summed E-state index contributed by atoms with van der Waals surface area (Å²) in [5.41, 5.74) is 0. The van der Waals surface area contributed by atoms with Crippen molar-refractivity contribution in [1.82, 2.24) is 5.32 Å².